The number of hydrogen-bond donors (Lipinski definition) is 2. The highest BCUT2D eigenvalue weighted by molar-refractivity contribution is 6.30. The van der Waals surface area contributed by atoms with Gasteiger partial charge in [0.25, 0.3) is 0 Å². The van der Waals surface area contributed by atoms with Crippen molar-refractivity contribution >= 4 is 17.6 Å². The highest BCUT2D eigenvalue weighted by Gasteiger charge is 2.13. The average molecular weight is 243 g/mol. The fraction of sp³-hybridized carbons (Fsp3) is 0.364. The zero-order valence-electron chi connectivity index (χ0n) is 9.06. The molecule has 1 atom stereocenters. The van der Waals surface area contributed by atoms with Crippen LogP contribution in [0.3, 0.4) is 0 Å². The Labute approximate surface area is 99.6 Å². The van der Waals surface area contributed by atoms with Crippen molar-refractivity contribution in [3.63, 3.8) is 0 Å². The van der Waals surface area contributed by atoms with Crippen molar-refractivity contribution in [1.82, 2.24) is 4.90 Å². The molecule has 1 aromatic carbocycles. The molecule has 0 aliphatic carbocycles. The Balaban J connectivity index is 2.48. The van der Waals surface area contributed by atoms with Crippen molar-refractivity contribution < 1.29 is 9.90 Å². The van der Waals surface area contributed by atoms with Crippen LogP contribution in [-0.2, 0) is 11.3 Å². The van der Waals surface area contributed by atoms with Gasteiger partial charge >= 0.3 is 5.97 Å². The lowest BCUT2D eigenvalue weighted by Gasteiger charge is -2.18. The van der Waals surface area contributed by atoms with Crippen LogP contribution in [0.2, 0.25) is 5.02 Å². The molecule has 1 rings (SSSR count). The monoisotopic (exact) mass is 242 g/mol. The van der Waals surface area contributed by atoms with E-state index in [2.05, 4.69) is 0 Å². The molecule has 0 amide bonds. The molecule has 0 fully saturated rings. The number of benzene rings is 1. The summed E-state index contributed by atoms with van der Waals surface area (Å²) in [6, 6.07) is 6.58. The first kappa shape index (κ1) is 13.0. The Morgan fingerprint density at radius 1 is 1.50 bits per heavy atom. The second-order valence-electron chi connectivity index (χ2n) is 3.77. The Bertz CT molecular complexity index is 354. The zero-order valence-corrected chi connectivity index (χ0v) is 9.81. The van der Waals surface area contributed by atoms with Gasteiger partial charge < -0.3 is 10.8 Å². The molecule has 4 nitrogen and oxygen atoms in total. The van der Waals surface area contributed by atoms with Crippen LogP contribution in [-0.4, -0.2) is 35.6 Å². The van der Waals surface area contributed by atoms with Gasteiger partial charge in [-0.05, 0) is 24.7 Å². The van der Waals surface area contributed by atoms with Gasteiger partial charge in [0, 0.05) is 18.1 Å². The van der Waals surface area contributed by atoms with E-state index in [9.17, 15) is 4.79 Å². The van der Waals surface area contributed by atoms with Crippen molar-refractivity contribution in [1.29, 1.82) is 0 Å². The number of nitrogens with two attached hydrogens (primary N) is 1. The summed E-state index contributed by atoms with van der Waals surface area (Å²) in [4.78, 5) is 12.4. The summed E-state index contributed by atoms with van der Waals surface area (Å²) in [5.74, 6) is -0.983. The van der Waals surface area contributed by atoms with E-state index in [0.717, 1.165) is 5.56 Å². The minimum Gasteiger partial charge on any atom is -0.480 e. The fourth-order valence-electron chi connectivity index (χ4n) is 1.38. The lowest BCUT2D eigenvalue weighted by molar-refractivity contribution is -0.138. The van der Waals surface area contributed by atoms with Gasteiger partial charge in [-0.25, -0.2) is 0 Å². The van der Waals surface area contributed by atoms with E-state index in [0.29, 0.717) is 18.1 Å². The minimum atomic E-state index is -0.983. The molecular formula is C11H15ClN2O2. The molecule has 0 aliphatic rings. The van der Waals surface area contributed by atoms with Gasteiger partial charge in [-0.15, -0.1) is 0 Å². The number of carboxylic acids is 1. The van der Waals surface area contributed by atoms with Crippen LogP contribution in [0.4, 0.5) is 0 Å². The molecule has 0 radical (unpaired) electrons. The number of halogens is 1. The molecule has 0 spiro atoms. The molecule has 1 unspecified atom stereocenters. The third kappa shape index (κ3) is 4.18. The lowest BCUT2D eigenvalue weighted by atomic mass is 10.2. The summed E-state index contributed by atoms with van der Waals surface area (Å²) in [5.41, 5.74) is 6.51. The van der Waals surface area contributed by atoms with E-state index >= 15 is 0 Å². The van der Waals surface area contributed by atoms with Crippen molar-refractivity contribution in [2.24, 2.45) is 5.73 Å². The average Bonchev–Trinajstić information content (AvgIpc) is 2.21. The minimum absolute atomic E-state index is 0.317. The second-order valence-corrected chi connectivity index (χ2v) is 4.20. The van der Waals surface area contributed by atoms with Gasteiger partial charge in [-0.3, -0.25) is 9.69 Å². The number of aliphatic carboxylic acids is 1. The number of rotatable bonds is 5. The molecule has 0 aromatic heterocycles. The number of carbonyl (C=O) groups is 1. The van der Waals surface area contributed by atoms with E-state index in [-0.39, 0.29) is 0 Å². The molecular weight excluding hydrogens is 228 g/mol. The molecule has 0 aliphatic heterocycles. The number of carboxylic acid groups (broad SMARTS) is 1. The number of nitrogens with zero attached hydrogens (tertiary/aromatic N) is 1. The maximum atomic E-state index is 10.6. The molecule has 0 saturated carbocycles. The second kappa shape index (κ2) is 5.84. The molecule has 0 bridgehead atoms. The molecule has 3 N–H and O–H groups in total. The predicted molar refractivity (Wildman–Crippen MR) is 63.4 cm³/mol. The van der Waals surface area contributed by atoms with E-state index < -0.39 is 12.0 Å². The molecule has 88 valence electrons. The standard InChI is InChI=1S/C11H15ClN2O2/c1-14(7-10(13)11(15)16)6-8-2-4-9(12)5-3-8/h2-5,10H,6-7,13H2,1H3,(H,15,16). The lowest BCUT2D eigenvalue weighted by Crippen LogP contribution is -2.40. The third-order valence-corrected chi connectivity index (χ3v) is 2.44. The normalized spacial score (nSPS) is 12.8. The zero-order chi connectivity index (χ0) is 12.1. The third-order valence-electron chi connectivity index (χ3n) is 2.19. The summed E-state index contributed by atoms with van der Waals surface area (Å²) in [6.45, 7) is 0.968. The number of likely N-dealkylation sites (N-methyl/N-ethyl adjacent to an activating group) is 1. The predicted octanol–water partition coefficient (Wildman–Crippen LogP) is 1.18. The maximum Gasteiger partial charge on any atom is 0.321 e. The largest absolute Gasteiger partial charge is 0.480 e. The SMILES string of the molecule is CN(Cc1ccc(Cl)cc1)CC(N)C(=O)O. The Morgan fingerprint density at radius 3 is 2.56 bits per heavy atom. The Kier molecular flexibility index (Phi) is 4.73. The highest BCUT2D eigenvalue weighted by atomic mass is 35.5. The molecule has 1 aromatic rings. The van der Waals surface area contributed by atoms with Crippen molar-refractivity contribution in [2.75, 3.05) is 13.6 Å². The van der Waals surface area contributed by atoms with Crippen molar-refractivity contribution in [3.05, 3.63) is 34.9 Å². The maximum absolute atomic E-state index is 10.6. The van der Waals surface area contributed by atoms with Crippen LogP contribution in [0, 0.1) is 0 Å². The summed E-state index contributed by atoms with van der Waals surface area (Å²) in [5, 5.41) is 9.35. The van der Waals surface area contributed by atoms with Gasteiger partial charge in [-0.2, -0.15) is 0 Å². The van der Waals surface area contributed by atoms with Gasteiger partial charge in [0.05, 0.1) is 0 Å². The molecule has 16 heavy (non-hydrogen) atoms. The van der Waals surface area contributed by atoms with Crippen molar-refractivity contribution in [2.45, 2.75) is 12.6 Å². The number of hydrogen-bond acceptors (Lipinski definition) is 3. The van der Waals surface area contributed by atoms with Crippen LogP contribution in [0.15, 0.2) is 24.3 Å². The van der Waals surface area contributed by atoms with E-state index in [4.69, 9.17) is 22.4 Å². The topological polar surface area (TPSA) is 66.6 Å². The van der Waals surface area contributed by atoms with Crippen LogP contribution < -0.4 is 5.73 Å². The summed E-state index contributed by atoms with van der Waals surface area (Å²) in [7, 11) is 1.83. The van der Waals surface area contributed by atoms with E-state index in [1.807, 2.05) is 36.2 Å². The van der Waals surface area contributed by atoms with Crippen molar-refractivity contribution in [3.8, 4) is 0 Å². The first-order chi connectivity index (χ1) is 7.49. The van der Waals surface area contributed by atoms with Gasteiger partial charge in [0.1, 0.15) is 6.04 Å². The van der Waals surface area contributed by atoms with Crippen LogP contribution in [0.1, 0.15) is 5.56 Å². The quantitative estimate of drug-likeness (QED) is 0.814. The van der Waals surface area contributed by atoms with Gasteiger partial charge in [0.2, 0.25) is 0 Å². The smallest absolute Gasteiger partial charge is 0.321 e. The Morgan fingerprint density at radius 2 is 2.06 bits per heavy atom. The first-order valence-electron chi connectivity index (χ1n) is 4.90. The molecule has 5 heteroatoms. The molecule has 0 heterocycles. The van der Waals surface area contributed by atoms with Crippen LogP contribution >= 0.6 is 11.6 Å². The first-order valence-corrected chi connectivity index (χ1v) is 5.28. The highest BCUT2D eigenvalue weighted by Crippen LogP contribution is 2.10. The summed E-state index contributed by atoms with van der Waals surface area (Å²) < 4.78 is 0. The molecule has 0 saturated heterocycles. The van der Waals surface area contributed by atoms with E-state index in [1.165, 1.54) is 0 Å². The van der Waals surface area contributed by atoms with E-state index in [1.54, 1.807) is 0 Å². The van der Waals surface area contributed by atoms with Gasteiger partial charge in [-0.1, -0.05) is 23.7 Å². The Hall–Kier alpha value is -1.10. The van der Waals surface area contributed by atoms with Gasteiger partial charge in [0.15, 0.2) is 0 Å². The summed E-state index contributed by atoms with van der Waals surface area (Å²) >= 11 is 5.76. The van der Waals surface area contributed by atoms with Crippen LogP contribution in [0.25, 0.3) is 0 Å². The van der Waals surface area contributed by atoms with Crippen LogP contribution in [0.5, 0.6) is 0 Å². The fourth-order valence-corrected chi connectivity index (χ4v) is 1.51. The summed E-state index contributed by atoms with van der Waals surface area (Å²) in [6.07, 6.45) is 0.